The van der Waals surface area contributed by atoms with Gasteiger partial charge in [-0.05, 0) is 35.1 Å². The van der Waals surface area contributed by atoms with Gasteiger partial charge in [0.05, 0.1) is 29.7 Å². The molecule has 0 aliphatic rings. The fourth-order valence-corrected chi connectivity index (χ4v) is 3.03. The van der Waals surface area contributed by atoms with Crippen molar-refractivity contribution >= 4 is 27.3 Å². The normalized spacial score (nSPS) is 13.2. The average molecular weight is 324 g/mol. The number of likely N-dealkylation sites (N-methyl/N-ethyl adjacent to an activating group) is 1. The second-order valence-corrected chi connectivity index (χ2v) is 6.40. The van der Waals surface area contributed by atoms with Crippen LogP contribution in [0.2, 0.25) is 0 Å². The third-order valence-corrected chi connectivity index (χ3v) is 3.73. The number of rotatable bonds is 8. The van der Waals surface area contributed by atoms with Crippen LogP contribution in [0.25, 0.3) is 0 Å². The SMILES string of the molecule is CN(Cc1ccc(Br)s1)C[C@@H](O)COCCO. The summed E-state index contributed by atoms with van der Waals surface area (Å²) < 4.78 is 6.19. The number of hydrogen-bond donors (Lipinski definition) is 2. The lowest BCUT2D eigenvalue weighted by Gasteiger charge is -2.19. The Morgan fingerprint density at radius 3 is 2.88 bits per heavy atom. The number of nitrogens with zero attached hydrogens (tertiary/aromatic N) is 1. The first-order chi connectivity index (χ1) is 8.11. The summed E-state index contributed by atoms with van der Waals surface area (Å²) in [4.78, 5) is 3.30. The lowest BCUT2D eigenvalue weighted by molar-refractivity contribution is 0.00792. The highest BCUT2D eigenvalue weighted by Gasteiger charge is 2.09. The Morgan fingerprint density at radius 2 is 2.29 bits per heavy atom. The van der Waals surface area contributed by atoms with Crippen LogP contribution in [0, 0.1) is 0 Å². The highest BCUT2D eigenvalue weighted by atomic mass is 79.9. The molecule has 1 aromatic rings. The van der Waals surface area contributed by atoms with Crippen LogP contribution >= 0.6 is 27.3 Å². The summed E-state index contributed by atoms with van der Waals surface area (Å²) in [6.45, 7) is 1.90. The van der Waals surface area contributed by atoms with Crippen molar-refractivity contribution in [1.82, 2.24) is 4.90 Å². The maximum absolute atomic E-state index is 9.68. The van der Waals surface area contributed by atoms with Gasteiger partial charge in [-0.25, -0.2) is 0 Å². The van der Waals surface area contributed by atoms with E-state index in [9.17, 15) is 5.11 Å². The Morgan fingerprint density at radius 1 is 1.53 bits per heavy atom. The molecule has 1 aromatic heterocycles. The van der Waals surface area contributed by atoms with Gasteiger partial charge in [0, 0.05) is 18.0 Å². The van der Waals surface area contributed by atoms with Gasteiger partial charge in [0.15, 0.2) is 0 Å². The molecule has 1 heterocycles. The van der Waals surface area contributed by atoms with Crippen molar-refractivity contribution in [2.45, 2.75) is 12.6 Å². The minimum absolute atomic E-state index is 0.00815. The van der Waals surface area contributed by atoms with Gasteiger partial charge in [0.2, 0.25) is 0 Å². The molecule has 6 heteroatoms. The van der Waals surface area contributed by atoms with Crippen molar-refractivity contribution in [1.29, 1.82) is 0 Å². The molecule has 2 N–H and O–H groups in total. The molecule has 0 fully saturated rings. The summed E-state index contributed by atoms with van der Waals surface area (Å²) in [6, 6.07) is 4.09. The van der Waals surface area contributed by atoms with Crippen LogP contribution in [0.4, 0.5) is 0 Å². The summed E-state index contributed by atoms with van der Waals surface area (Å²) >= 11 is 5.12. The Balaban J connectivity index is 2.21. The molecule has 0 bridgehead atoms. The zero-order chi connectivity index (χ0) is 12.7. The highest BCUT2D eigenvalue weighted by Crippen LogP contribution is 2.22. The van der Waals surface area contributed by atoms with Crippen molar-refractivity contribution in [2.75, 3.05) is 33.4 Å². The van der Waals surface area contributed by atoms with Crippen molar-refractivity contribution in [2.24, 2.45) is 0 Å². The minimum Gasteiger partial charge on any atom is -0.394 e. The molecular weight excluding hydrogens is 306 g/mol. The van der Waals surface area contributed by atoms with Crippen LogP contribution in [-0.4, -0.2) is 54.6 Å². The Kier molecular flexibility index (Phi) is 7.26. The van der Waals surface area contributed by atoms with Crippen LogP contribution in [-0.2, 0) is 11.3 Å². The molecule has 0 aromatic carbocycles. The van der Waals surface area contributed by atoms with Gasteiger partial charge in [0.1, 0.15) is 0 Å². The molecule has 98 valence electrons. The monoisotopic (exact) mass is 323 g/mol. The molecule has 17 heavy (non-hydrogen) atoms. The molecular formula is C11H18BrNO3S. The molecule has 0 aliphatic heterocycles. The van der Waals surface area contributed by atoms with Gasteiger partial charge in [-0.3, -0.25) is 4.90 Å². The molecule has 0 unspecified atom stereocenters. The van der Waals surface area contributed by atoms with E-state index in [0.717, 1.165) is 10.3 Å². The lowest BCUT2D eigenvalue weighted by atomic mass is 10.3. The molecule has 4 nitrogen and oxygen atoms in total. The van der Waals surface area contributed by atoms with E-state index >= 15 is 0 Å². The molecule has 1 atom stereocenters. The first-order valence-corrected chi connectivity index (χ1v) is 7.02. The maximum atomic E-state index is 9.68. The molecule has 0 amide bonds. The van der Waals surface area contributed by atoms with E-state index in [2.05, 4.69) is 22.0 Å². The van der Waals surface area contributed by atoms with Crippen molar-refractivity contribution in [3.05, 3.63) is 20.8 Å². The molecule has 1 rings (SSSR count). The topological polar surface area (TPSA) is 52.9 Å². The maximum Gasteiger partial charge on any atom is 0.0900 e. The van der Waals surface area contributed by atoms with Gasteiger partial charge in [0.25, 0.3) is 0 Å². The van der Waals surface area contributed by atoms with E-state index in [4.69, 9.17) is 9.84 Å². The first-order valence-electron chi connectivity index (χ1n) is 5.41. The molecule has 0 aliphatic carbocycles. The van der Waals surface area contributed by atoms with E-state index in [1.807, 2.05) is 18.0 Å². The molecule has 0 saturated heterocycles. The fraction of sp³-hybridized carbons (Fsp3) is 0.636. The van der Waals surface area contributed by atoms with Crippen LogP contribution in [0.1, 0.15) is 4.88 Å². The Labute approximate surface area is 114 Å². The zero-order valence-electron chi connectivity index (χ0n) is 9.80. The fourth-order valence-electron chi connectivity index (χ4n) is 1.46. The minimum atomic E-state index is -0.519. The van der Waals surface area contributed by atoms with E-state index in [0.29, 0.717) is 6.54 Å². The van der Waals surface area contributed by atoms with Gasteiger partial charge >= 0.3 is 0 Å². The summed E-state index contributed by atoms with van der Waals surface area (Å²) in [5, 5.41) is 18.2. The third-order valence-electron chi connectivity index (χ3n) is 2.12. The van der Waals surface area contributed by atoms with Gasteiger partial charge in [-0.15, -0.1) is 11.3 Å². The van der Waals surface area contributed by atoms with Crippen LogP contribution < -0.4 is 0 Å². The Hall–Kier alpha value is 0.0200. The van der Waals surface area contributed by atoms with Crippen molar-refractivity contribution < 1.29 is 14.9 Å². The predicted molar refractivity (Wildman–Crippen MR) is 72.3 cm³/mol. The van der Waals surface area contributed by atoms with E-state index in [1.165, 1.54) is 4.88 Å². The summed E-state index contributed by atoms with van der Waals surface area (Å²) in [6.07, 6.45) is -0.519. The standard InChI is InChI=1S/C11H18BrNO3S/c1-13(6-9(15)8-16-5-4-14)7-10-2-3-11(12)17-10/h2-3,9,14-15H,4-8H2,1H3/t9-/m1/s1. The second kappa shape index (κ2) is 8.18. The number of ether oxygens (including phenoxy) is 1. The van der Waals surface area contributed by atoms with Gasteiger partial charge in [-0.2, -0.15) is 0 Å². The van der Waals surface area contributed by atoms with Crippen LogP contribution in [0.15, 0.2) is 15.9 Å². The van der Waals surface area contributed by atoms with E-state index < -0.39 is 6.10 Å². The number of aliphatic hydroxyl groups is 2. The van der Waals surface area contributed by atoms with Gasteiger partial charge < -0.3 is 14.9 Å². The predicted octanol–water partition coefficient (Wildman–Crippen LogP) is 1.31. The van der Waals surface area contributed by atoms with Crippen molar-refractivity contribution in [3.8, 4) is 0 Å². The number of aliphatic hydroxyl groups excluding tert-OH is 2. The lowest BCUT2D eigenvalue weighted by Crippen LogP contribution is -2.32. The molecule has 0 spiro atoms. The van der Waals surface area contributed by atoms with Crippen molar-refractivity contribution in [3.63, 3.8) is 0 Å². The average Bonchev–Trinajstić information content (AvgIpc) is 2.64. The highest BCUT2D eigenvalue weighted by molar-refractivity contribution is 9.11. The number of hydrogen-bond acceptors (Lipinski definition) is 5. The number of halogens is 1. The zero-order valence-corrected chi connectivity index (χ0v) is 12.2. The van der Waals surface area contributed by atoms with Crippen LogP contribution in [0.3, 0.4) is 0 Å². The Bertz CT molecular complexity index is 321. The third kappa shape index (κ3) is 6.49. The second-order valence-electron chi connectivity index (χ2n) is 3.85. The summed E-state index contributed by atoms with van der Waals surface area (Å²) in [5.74, 6) is 0. The van der Waals surface area contributed by atoms with E-state index in [1.54, 1.807) is 11.3 Å². The first kappa shape index (κ1) is 15.1. The smallest absolute Gasteiger partial charge is 0.0900 e. The summed E-state index contributed by atoms with van der Waals surface area (Å²) in [5.41, 5.74) is 0. The quantitative estimate of drug-likeness (QED) is 0.708. The van der Waals surface area contributed by atoms with E-state index in [-0.39, 0.29) is 19.8 Å². The van der Waals surface area contributed by atoms with Crippen LogP contribution in [0.5, 0.6) is 0 Å². The largest absolute Gasteiger partial charge is 0.394 e. The van der Waals surface area contributed by atoms with Gasteiger partial charge in [-0.1, -0.05) is 0 Å². The molecule has 0 radical (unpaired) electrons. The molecule has 0 saturated carbocycles. The summed E-state index contributed by atoms with van der Waals surface area (Å²) in [7, 11) is 1.96. The number of thiophene rings is 1.